The molecule has 0 saturated carbocycles. The van der Waals surface area contributed by atoms with Crippen LogP contribution in [0.1, 0.15) is 27.8 Å². The predicted molar refractivity (Wildman–Crippen MR) is 254 cm³/mol. The van der Waals surface area contributed by atoms with Crippen molar-refractivity contribution in [3.63, 3.8) is 0 Å². The van der Waals surface area contributed by atoms with Gasteiger partial charge in [-0.3, -0.25) is 0 Å². The molecule has 0 fully saturated rings. The molecule has 318 valence electrons. The Labute approximate surface area is 385 Å². The molecule has 11 rings (SSSR count). The number of fused-ring (bicyclic) bond motifs is 6. The van der Waals surface area contributed by atoms with Gasteiger partial charge in [0.15, 0.2) is 17.5 Å². The lowest BCUT2D eigenvalue weighted by molar-refractivity contribution is -0.137. The fourth-order valence-corrected chi connectivity index (χ4v) is 9.10. The quantitative estimate of drug-likeness (QED) is 0.162. The van der Waals surface area contributed by atoms with Gasteiger partial charge in [0.05, 0.1) is 85.5 Å². The van der Waals surface area contributed by atoms with Crippen molar-refractivity contribution in [1.82, 2.24) is 24.1 Å². The van der Waals surface area contributed by atoms with E-state index >= 15 is 13.2 Å². The van der Waals surface area contributed by atoms with Gasteiger partial charge in [0.25, 0.3) is 0 Å². The summed E-state index contributed by atoms with van der Waals surface area (Å²) >= 11 is 0. The molecule has 8 aromatic carbocycles. The number of aromatic nitrogens is 5. The molecule has 0 unspecified atom stereocenters. The Kier molecular flexibility index (Phi) is 9.60. The second-order valence-corrected chi connectivity index (χ2v) is 16.0. The summed E-state index contributed by atoms with van der Waals surface area (Å²) in [5.41, 5.74) is 4.94. The third-order valence-electron chi connectivity index (χ3n) is 12.1. The lowest BCUT2D eigenvalue weighted by atomic mass is 9.93. The molecule has 3 heterocycles. The van der Waals surface area contributed by atoms with E-state index in [1.807, 2.05) is 65.2 Å². The Bertz CT molecular complexity index is 3870. The third-order valence-corrected chi connectivity index (χ3v) is 12.1. The zero-order chi connectivity index (χ0) is 46.7. The molecule has 0 radical (unpaired) electrons. The van der Waals surface area contributed by atoms with E-state index in [2.05, 4.69) is 24.3 Å². The third kappa shape index (κ3) is 6.73. The topological polar surface area (TPSA) is 144 Å². The maximum atomic E-state index is 16.1. The van der Waals surface area contributed by atoms with Gasteiger partial charge in [-0.1, -0.05) is 66.7 Å². The number of nitriles is 4. The second kappa shape index (κ2) is 16.0. The number of benzene rings is 8. The molecule has 11 aromatic rings. The molecular weight excluding hydrogens is 856 g/mol. The highest BCUT2D eigenvalue weighted by atomic mass is 19.4. The van der Waals surface area contributed by atoms with E-state index in [9.17, 15) is 21.0 Å². The van der Waals surface area contributed by atoms with Crippen LogP contribution in [-0.2, 0) is 6.18 Å². The molecule has 3 aromatic heterocycles. The number of alkyl halides is 3. The van der Waals surface area contributed by atoms with Gasteiger partial charge in [0.1, 0.15) is 0 Å². The number of hydrogen-bond acceptors (Lipinski definition) is 7. The molecule has 68 heavy (non-hydrogen) atoms. The van der Waals surface area contributed by atoms with Crippen molar-refractivity contribution in [2.45, 2.75) is 6.18 Å². The SMILES string of the molecule is N#Cc1ccc2c(c1)c1cc(C#N)ccc1n2-c1ccc(-c2nc(-c3ccccc3)nc(-c3ccccc3)n2)cc1-c1c(-n2c3ccc(C#N)cc3c3cc(C#N)ccc32)cccc1C(F)(F)F. The van der Waals surface area contributed by atoms with Gasteiger partial charge in [-0.15, -0.1) is 0 Å². The van der Waals surface area contributed by atoms with Crippen molar-refractivity contribution >= 4 is 43.6 Å². The zero-order valence-corrected chi connectivity index (χ0v) is 35.3. The van der Waals surface area contributed by atoms with E-state index in [0.717, 1.165) is 6.07 Å². The first-order chi connectivity index (χ1) is 33.1. The summed E-state index contributed by atoms with van der Waals surface area (Å²) in [5.74, 6) is 0.930. The summed E-state index contributed by atoms with van der Waals surface area (Å²) in [7, 11) is 0. The van der Waals surface area contributed by atoms with Crippen LogP contribution in [0.25, 0.3) is 100 Å². The Hall–Kier alpha value is -9.88. The van der Waals surface area contributed by atoms with Crippen LogP contribution in [0.3, 0.4) is 0 Å². The van der Waals surface area contributed by atoms with Gasteiger partial charge < -0.3 is 9.13 Å². The smallest absolute Gasteiger partial charge is 0.309 e. The predicted octanol–water partition coefficient (Wildman–Crippen LogP) is 13.2. The Balaban J connectivity index is 1.30. The minimum absolute atomic E-state index is 0.151. The van der Waals surface area contributed by atoms with Gasteiger partial charge >= 0.3 is 6.18 Å². The molecule has 0 atom stereocenters. The van der Waals surface area contributed by atoms with E-state index < -0.39 is 11.7 Å². The molecule has 0 saturated heterocycles. The fourth-order valence-electron chi connectivity index (χ4n) is 9.10. The average Bonchev–Trinajstić information content (AvgIpc) is 3.89. The highest BCUT2D eigenvalue weighted by molar-refractivity contribution is 6.12. The van der Waals surface area contributed by atoms with Gasteiger partial charge in [-0.05, 0) is 103 Å². The molecule has 0 aliphatic rings. The highest BCUT2D eigenvalue weighted by Gasteiger charge is 2.37. The maximum Gasteiger partial charge on any atom is 0.417 e. The van der Waals surface area contributed by atoms with Crippen LogP contribution in [0, 0.1) is 45.3 Å². The Morgan fingerprint density at radius 2 is 0.779 bits per heavy atom. The van der Waals surface area contributed by atoms with E-state index in [1.165, 1.54) is 6.07 Å². The summed E-state index contributed by atoms with van der Waals surface area (Å²) in [6.07, 6.45) is -4.89. The van der Waals surface area contributed by atoms with Crippen LogP contribution in [-0.4, -0.2) is 24.1 Å². The first kappa shape index (κ1) is 40.9. The molecule has 0 spiro atoms. The van der Waals surface area contributed by atoms with Crippen LogP contribution in [0.15, 0.2) is 170 Å². The van der Waals surface area contributed by atoms with Crippen LogP contribution in [0.5, 0.6) is 0 Å². The summed E-state index contributed by atoms with van der Waals surface area (Å²) in [4.78, 5) is 14.8. The average molecular weight is 884 g/mol. The van der Waals surface area contributed by atoms with E-state index in [0.29, 0.717) is 99.9 Å². The van der Waals surface area contributed by atoms with Gasteiger partial charge in [-0.2, -0.15) is 34.2 Å². The summed E-state index contributed by atoms with van der Waals surface area (Å²) in [5, 5.41) is 42.2. The summed E-state index contributed by atoms with van der Waals surface area (Å²) < 4.78 is 51.7. The molecule has 9 nitrogen and oxygen atoms in total. The number of halogens is 3. The number of rotatable bonds is 6. The number of nitrogens with zero attached hydrogens (tertiary/aromatic N) is 9. The van der Waals surface area contributed by atoms with E-state index in [1.54, 1.807) is 102 Å². The number of hydrogen-bond donors (Lipinski definition) is 0. The standard InChI is InChI=1S/C56H28F3N9/c57-56(58,59)45-12-7-13-51(68-48-21-16-35(31-62)26-42(48)43-27-36(32-63)17-22-49(43)68)52(45)44-28-39(55-65-53(37-8-3-1-4-9-37)64-54(66-55)38-10-5-2-6-11-38)18-23-50(44)67-46-19-14-33(29-60)24-40(46)41-25-34(30-61)15-20-47(41)67/h1-28H. The minimum atomic E-state index is -4.89. The van der Waals surface area contributed by atoms with E-state index in [-0.39, 0.29) is 22.6 Å². The maximum absolute atomic E-state index is 16.1. The monoisotopic (exact) mass is 883 g/mol. The normalized spacial score (nSPS) is 11.4. The van der Waals surface area contributed by atoms with Crippen LogP contribution < -0.4 is 0 Å². The Morgan fingerprint density at radius 3 is 1.18 bits per heavy atom. The van der Waals surface area contributed by atoms with E-state index in [4.69, 9.17) is 15.0 Å². The van der Waals surface area contributed by atoms with Crippen molar-refractivity contribution in [3.05, 3.63) is 198 Å². The van der Waals surface area contributed by atoms with Crippen molar-refractivity contribution in [3.8, 4) is 80.9 Å². The molecule has 0 N–H and O–H groups in total. The lowest BCUT2D eigenvalue weighted by Gasteiger charge is -2.23. The van der Waals surface area contributed by atoms with Crippen LogP contribution in [0.4, 0.5) is 13.2 Å². The zero-order valence-electron chi connectivity index (χ0n) is 35.3. The van der Waals surface area contributed by atoms with Gasteiger partial charge in [-0.25, -0.2) is 15.0 Å². The van der Waals surface area contributed by atoms with Crippen molar-refractivity contribution in [2.24, 2.45) is 0 Å². The summed E-state index contributed by atoms with van der Waals surface area (Å²) in [6.45, 7) is 0. The largest absolute Gasteiger partial charge is 0.417 e. The first-order valence-electron chi connectivity index (χ1n) is 21.2. The molecule has 0 amide bonds. The van der Waals surface area contributed by atoms with Crippen molar-refractivity contribution < 1.29 is 13.2 Å². The molecule has 12 heteroatoms. The van der Waals surface area contributed by atoms with Gasteiger partial charge in [0.2, 0.25) is 0 Å². The molecular formula is C56H28F3N9. The summed E-state index contributed by atoms with van der Waals surface area (Å²) in [6, 6.07) is 56.9. The molecule has 0 aliphatic heterocycles. The molecule has 0 aliphatic carbocycles. The van der Waals surface area contributed by atoms with Crippen LogP contribution in [0.2, 0.25) is 0 Å². The molecule has 0 bridgehead atoms. The highest BCUT2D eigenvalue weighted by Crippen LogP contribution is 2.47. The first-order valence-corrected chi connectivity index (χ1v) is 21.2. The van der Waals surface area contributed by atoms with Crippen molar-refractivity contribution in [1.29, 1.82) is 21.0 Å². The lowest BCUT2D eigenvalue weighted by Crippen LogP contribution is -2.11. The fraction of sp³-hybridized carbons (Fsp3) is 0.0179. The van der Waals surface area contributed by atoms with Crippen molar-refractivity contribution in [2.75, 3.05) is 0 Å². The second-order valence-electron chi connectivity index (χ2n) is 16.0. The van der Waals surface area contributed by atoms with Gasteiger partial charge in [0, 0.05) is 49.4 Å². The Morgan fingerprint density at radius 1 is 0.382 bits per heavy atom. The minimum Gasteiger partial charge on any atom is -0.309 e. The van der Waals surface area contributed by atoms with Crippen LogP contribution >= 0.6 is 0 Å².